The maximum absolute atomic E-state index is 3.91. The predicted molar refractivity (Wildman–Crippen MR) is 79.3 cm³/mol. The van der Waals surface area contributed by atoms with Crippen molar-refractivity contribution >= 4 is 5.69 Å². The molecule has 0 heterocycles. The largest absolute Gasteiger partial charge is 0.311 e. The van der Waals surface area contributed by atoms with Crippen molar-refractivity contribution in [1.82, 2.24) is 0 Å². The number of anilines is 1. The highest BCUT2D eigenvalue weighted by Gasteiger charge is 2.13. The van der Waals surface area contributed by atoms with E-state index >= 15 is 0 Å². The Morgan fingerprint density at radius 3 is 2.56 bits per heavy atom. The predicted octanol–water partition coefficient (Wildman–Crippen LogP) is 4.82. The van der Waals surface area contributed by atoms with Gasteiger partial charge in [-0.15, -0.1) is 0 Å². The summed E-state index contributed by atoms with van der Waals surface area (Å²) in [7, 11) is 0. The van der Waals surface area contributed by atoms with Gasteiger partial charge in [-0.2, -0.15) is 0 Å². The average Bonchev–Trinajstić information content (AvgIpc) is 2.46. The van der Waals surface area contributed by atoms with Gasteiger partial charge in [0.15, 0.2) is 0 Å². The zero-order chi connectivity index (χ0) is 12.8. The molecule has 0 spiro atoms. The summed E-state index contributed by atoms with van der Waals surface area (Å²) >= 11 is 0. The fraction of sp³-hybridized carbons (Fsp3) is 0.176. The lowest BCUT2D eigenvalue weighted by Crippen LogP contribution is -2.20. The number of benzene rings is 1. The smallest absolute Gasteiger partial charge is 0.0461 e. The Bertz CT molecular complexity index is 492. The summed E-state index contributed by atoms with van der Waals surface area (Å²) in [5.74, 6) is 0. The first-order chi connectivity index (χ1) is 8.86. The molecule has 1 aromatic carbocycles. The summed E-state index contributed by atoms with van der Waals surface area (Å²) in [4.78, 5) is 2.24. The number of nitrogens with zero attached hydrogens (tertiary/aromatic N) is 1. The first-order valence-corrected chi connectivity index (χ1v) is 6.37. The van der Waals surface area contributed by atoms with E-state index in [0.29, 0.717) is 0 Å². The van der Waals surface area contributed by atoms with Crippen molar-refractivity contribution in [3.05, 3.63) is 78.7 Å². The van der Waals surface area contributed by atoms with Gasteiger partial charge >= 0.3 is 0 Å². The van der Waals surface area contributed by atoms with Gasteiger partial charge in [0.05, 0.1) is 0 Å². The first-order valence-electron chi connectivity index (χ1n) is 6.37. The zero-order valence-corrected chi connectivity index (χ0v) is 10.8. The summed E-state index contributed by atoms with van der Waals surface area (Å²) in [6, 6.07) is 10.4. The molecule has 0 aliphatic heterocycles. The van der Waals surface area contributed by atoms with Gasteiger partial charge < -0.3 is 4.90 Å². The van der Waals surface area contributed by atoms with Crippen LogP contribution < -0.4 is 4.90 Å². The fourth-order valence-corrected chi connectivity index (χ4v) is 2.13. The van der Waals surface area contributed by atoms with Crippen molar-refractivity contribution in [1.29, 1.82) is 0 Å². The second kappa shape index (κ2) is 6.06. The van der Waals surface area contributed by atoms with Crippen LogP contribution >= 0.6 is 0 Å². The number of hydrogen-bond acceptors (Lipinski definition) is 1. The minimum absolute atomic E-state index is 1.10. The van der Waals surface area contributed by atoms with Crippen molar-refractivity contribution in [3.8, 4) is 0 Å². The molecule has 0 saturated carbocycles. The summed E-state index contributed by atoms with van der Waals surface area (Å²) in [5, 5.41) is 0. The highest BCUT2D eigenvalue weighted by atomic mass is 15.1. The lowest BCUT2D eigenvalue weighted by atomic mass is 10.1. The molecule has 1 aliphatic rings. The van der Waals surface area contributed by atoms with Crippen molar-refractivity contribution in [2.75, 3.05) is 4.90 Å². The molecule has 1 aliphatic carbocycles. The van der Waals surface area contributed by atoms with E-state index in [0.717, 1.165) is 18.5 Å². The number of allylic oxidation sites excluding steroid dienone is 5. The van der Waals surface area contributed by atoms with Gasteiger partial charge in [0.1, 0.15) is 0 Å². The Morgan fingerprint density at radius 2 is 2.00 bits per heavy atom. The molecule has 1 aromatic rings. The van der Waals surface area contributed by atoms with Crippen LogP contribution in [-0.2, 0) is 0 Å². The molecule has 0 bridgehead atoms. The van der Waals surface area contributed by atoms with Gasteiger partial charge in [0, 0.05) is 17.1 Å². The molecule has 1 nitrogen and oxygen atoms in total. The highest BCUT2D eigenvalue weighted by molar-refractivity contribution is 5.62. The maximum atomic E-state index is 3.91. The third-order valence-corrected chi connectivity index (χ3v) is 3.01. The van der Waals surface area contributed by atoms with Crippen LogP contribution in [0.3, 0.4) is 0 Å². The Labute approximate surface area is 109 Å². The number of rotatable bonds is 4. The van der Waals surface area contributed by atoms with Gasteiger partial charge in [-0.25, -0.2) is 0 Å². The molecule has 0 N–H and O–H groups in total. The molecule has 1 heteroatoms. The Kier molecular flexibility index (Phi) is 4.19. The summed E-state index contributed by atoms with van der Waals surface area (Å²) < 4.78 is 0. The third-order valence-electron chi connectivity index (χ3n) is 3.01. The molecule has 0 fully saturated rings. The molecule has 18 heavy (non-hydrogen) atoms. The molecule has 92 valence electrons. The van der Waals surface area contributed by atoms with E-state index in [1.165, 1.54) is 11.4 Å². The monoisotopic (exact) mass is 237 g/mol. The van der Waals surface area contributed by atoms with Gasteiger partial charge in [-0.05, 0) is 44.1 Å². The summed E-state index contributed by atoms with van der Waals surface area (Å²) in [6.07, 6.45) is 12.9. The van der Waals surface area contributed by atoms with Gasteiger partial charge in [-0.3, -0.25) is 0 Å². The van der Waals surface area contributed by atoms with Crippen LogP contribution in [0, 0.1) is 0 Å². The van der Waals surface area contributed by atoms with Crippen molar-refractivity contribution < 1.29 is 0 Å². The lowest BCUT2D eigenvalue weighted by molar-refractivity contribution is 0.986. The van der Waals surface area contributed by atoms with Crippen molar-refractivity contribution in [2.24, 2.45) is 0 Å². The topological polar surface area (TPSA) is 3.24 Å². The lowest BCUT2D eigenvalue weighted by Gasteiger charge is -2.28. The van der Waals surface area contributed by atoms with E-state index in [1.54, 1.807) is 0 Å². The molecule has 0 radical (unpaired) electrons. The summed E-state index contributed by atoms with van der Waals surface area (Å²) in [5.41, 5.74) is 3.50. The Balaban J connectivity index is 2.44. The van der Waals surface area contributed by atoms with E-state index < -0.39 is 0 Å². The second-order valence-corrected chi connectivity index (χ2v) is 4.20. The number of hydrogen-bond donors (Lipinski definition) is 0. The fourth-order valence-electron chi connectivity index (χ4n) is 2.13. The van der Waals surface area contributed by atoms with E-state index in [2.05, 4.69) is 60.0 Å². The van der Waals surface area contributed by atoms with Gasteiger partial charge in [0.2, 0.25) is 0 Å². The molecule has 2 rings (SSSR count). The van der Waals surface area contributed by atoms with E-state index in [-0.39, 0.29) is 0 Å². The van der Waals surface area contributed by atoms with E-state index in [4.69, 9.17) is 0 Å². The molecular weight excluding hydrogens is 218 g/mol. The normalized spacial score (nSPS) is 15.2. The molecule has 0 unspecified atom stereocenters. The van der Waals surface area contributed by atoms with Crippen LogP contribution in [0.1, 0.15) is 19.8 Å². The highest BCUT2D eigenvalue weighted by Crippen LogP contribution is 2.27. The second-order valence-electron chi connectivity index (χ2n) is 4.20. The number of para-hydroxylation sites is 1. The van der Waals surface area contributed by atoms with Crippen molar-refractivity contribution in [3.63, 3.8) is 0 Å². The minimum atomic E-state index is 1.10. The van der Waals surface area contributed by atoms with Gasteiger partial charge in [0.25, 0.3) is 0 Å². The molecule has 0 saturated heterocycles. The molecule has 0 amide bonds. The van der Waals surface area contributed by atoms with Gasteiger partial charge in [-0.1, -0.05) is 43.0 Å². The van der Waals surface area contributed by atoms with E-state index in [9.17, 15) is 0 Å². The molecule has 0 atom stereocenters. The van der Waals surface area contributed by atoms with Crippen molar-refractivity contribution in [2.45, 2.75) is 19.8 Å². The van der Waals surface area contributed by atoms with Crippen LogP contribution in [0.5, 0.6) is 0 Å². The summed E-state index contributed by atoms with van der Waals surface area (Å²) in [6.45, 7) is 5.95. The third kappa shape index (κ3) is 2.62. The van der Waals surface area contributed by atoms with Crippen LogP contribution in [0.2, 0.25) is 0 Å². The molecule has 0 aromatic heterocycles. The Morgan fingerprint density at radius 1 is 1.22 bits per heavy atom. The molecular formula is C17H19N. The Hall–Kier alpha value is -2.02. The SMILES string of the molecule is C=C/C(=C\C)N(C1=CCCC=C1)c1ccccc1. The van der Waals surface area contributed by atoms with E-state index in [1.807, 2.05) is 19.1 Å². The standard InChI is InChI=1S/C17H19N/c1-3-15(4-2)18(16-11-7-5-8-12-16)17-13-9-6-10-14-17/h3-5,7-9,11-14H,1,6,10H2,2H3/b15-4+. The maximum Gasteiger partial charge on any atom is 0.0461 e. The van der Waals surface area contributed by atoms with Crippen LogP contribution in [0.15, 0.2) is 78.7 Å². The van der Waals surface area contributed by atoms with Crippen LogP contribution in [0.4, 0.5) is 5.69 Å². The van der Waals surface area contributed by atoms with Crippen LogP contribution in [-0.4, -0.2) is 0 Å². The quantitative estimate of drug-likeness (QED) is 0.679. The minimum Gasteiger partial charge on any atom is -0.311 e. The van der Waals surface area contributed by atoms with Crippen LogP contribution in [0.25, 0.3) is 0 Å². The zero-order valence-electron chi connectivity index (χ0n) is 10.8. The first kappa shape index (κ1) is 12.4. The average molecular weight is 237 g/mol.